The van der Waals surface area contributed by atoms with Crippen LogP contribution >= 0.6 is 0 Å². The van der Waals surface area contributed by atoms with Crippen molar-refractivity contribution in [2.24, 2.45) is 23.7 Å². The van der Waals surface area contributed by atoms with E-state index in [2.05, 4.69) is 40.9 Å². The molecule has 29 heavy (non-hydrogen) atoms. The van der Waals surface area contributed by atoms with Gasteiger partial charge in [0, 0.05) is 61.9 Å². The maximum Gasteiger partial charge on any atom is 0.222 e. The van der Waals surface area contributed by atoms with Gasteiger partial charge in [0.1, 0.15) is 0 Å². The Bertz CT molecular complexity index is 945. The first-order chi connectivity index (χ1) is 14.0. The molecule has 1 amide bonds. The Kier molecular flexibility index (Phi) is 4.66. The minimum atomic E-state index is 0.332. The van der Waals surface area contributed by atoms with E-state index < -0.39 is 0 Å². The zero-order chi connectivity index (χ0) is 20.1. The van der Waals surface area contributed by atoms with Gasteiger partial charge in [-0.15, -0.1) is 0 Å². The molecule has 3 fully saturated rings. The summed E-state index contributed by atoms with van der Waals surface area (Å²) >= 11 is 0. The van der Waals surface area contributed by atoms with Gasteiger partial charge in [-0.1, -0.05) is 25.1 Å². The largest absolute Gasteiger partial charge is 0.342 e. The summed E-state index contributed by atoms with van der Waals surface area (Å²) in [6.45, 7) is 6.28. The Morgan fingerprint density at radius 3 is 2.76 bits per heavy atom. The van der Waals surface area contributed by atoms with E-state index in [4.69, 9.17) is 5.41 Å². The number of aromatic nitrogens is 1. The Morgan fingerprint density at radius 1 is 1.21 bits per heavy atom. The van der Waals surface area contributed by atoms with Crippen molar-refractivity contribution in [2.45, 2.75) is 25.7 Å². The number of hydrogen-bond donors (Lipinski definition) is 1. The summed E-state index contributed by atoms with van der Waals surface area (Å²) in [6.07, 6.45) is 5.00. The lowest BCUT2D eigenvalue weighted by atomic mass is 9.83. The number of piperidine rings is 2. The fourth-order valence-corrected chi connectivity index (χ4v) is 5.96. The van der Waals surface area contributed by atoms with Gasteiger partial charge in [0.25, 0.3) is 0 Å². The first kappa shape index (κ1) is 18.7. The van der Waals surface area contributed by atoms with Crippen LogP contribution in [0.25, 0.3) is 10.9 Å². The van der Waals surface area contributed by atoms with Crippen LogP contribution in [0.1, 0.15) is 36.8 Å². The number of likely N-dealkylation sites (tertiary alicyclic amines) is 2. The van der Waals surface area contributed by atoms with Crippen molar-refractivity contribution in [3.05, 3.63) is 41.6 Å². The van der Waals surface area contributed by atoms with E-state index in [1.165, 1.54) is 24.9 Å². The topological polar surface area (TPSA) is 60.3 Å². The number of carbonyl (C=O) groups is 1. The molecule has 5 atom stereocenters. The molecule has 5 rings (SSSR count). The highest BCUT2D eigenvalue weighted by Crippen LogP contribution is 2.53. The van der Waals surface area contributed by atoms with Gasteiger partial charge in [-0.05, 0) is 48.8 Å². The fourth-order valence-electron chi connectivity index (χ4n) is 5.96. The van der Waals surface area contributed by atoms with E-state index >= 15 is 0 Å². The number of carbonyl (C=O) groups excluding carboxylic acids is 1. The number of fused-ring (bicyclic) bond motifs is 2. The van der Waals surface area contributed by atoms with Crippen LogP contribution < -0.4 is 0 Å². The van der Waals surface area contributed by atoms with Crippen molar-refractivity contribution >= 4 is 23.0 Å². The lowest BCUT2D eigenvalue weighted by Crippen LogP contribution is -2.43. The highest BCUT2D eigenvalue weighted by Gasteiger charge is 2.55. The molecule has 1 aromatic carbocycles. The van der Waals surface area contributed by atoms with Gasteiger partial charge in [-0.3, -0.25) is 9.78 Å². The number of hydrogen-bond acceptors (Lipinski definition) is 4. The van der Waals surface area contributed by atoms with Gasteiger partial charge >= 0.3 is 0 Å². The lowest BCUT2D eigenvalue weighted by molar-refractivity contribution is -0.133. The normalized spacial score (nSPS) is 31.7. The average molecular weight is 391 g/mol. The van der Waals surface area contributed by atoms with Crippen molar-refractivity contribution in [3.63, 3.8) is 0 Å². The molecule has 0 bridgehead atoms. The molecule has 2 aromatic rings. The summed E-state index contributed by atoms with van der Waals surface area (Å²) in [5, 5.41) is 8.80. The molecule has 1 aliphatic carbocycles. The molecule has 3 heterocycles. The molecular formula is C24H30N4O. The molecule has 152 valence electrons. The summed E-state index contributed by atoms with van der Waals surface area (Å²) in [6, 6.07) is 8.23. The molecule has 2 saturated heterocycles. The third kappa shape index (κ3) is 3.35. The SMILES string of the molecule is C[C@@H]1C[C@H](c2ccc(C=N)c3ncccc23)CN(C(=O)CC2[C@H]3CN(C)C[C@@H]23)C1. The predicted molar refractivity (Wildman–Crippen MR) is 115 cm³/mol. The van der Waals surface area contributed by atoms with Crippen LogP contribution in [-0.4, -0.2) is 60.1 Å². The maximum absolute atomic E-state index is 13.1. The Balaban J connectivity index is 1.35. The highest BCUT2D eigenvalue weighted by atomic mass is 16.2. The first-order valence-corrected chi connectivity index (χ1v) is 10.9. The van der Waals surface area contributed by atoms with Crippen LogP contribution in [0, 0.1) is 29.1 Å². The van der Waals surface area contributed by atoms with Crippen LogP contribution in [0.4, 0.5) is 0 Å². The Morgan fingerprint density at radius 2 is 2.00 bits per heavy atom. The van der Waals surface area contributed by atoms with Gasteiger partial charge in [0.05, 0.1) is 5.52 Å². The average Bonchev–Trinajstić information content (AvgIpc) is 3.17. The summed E-state index contributed by atoms with van der Waals surface area (Å²) in [5.74, 6) is 3.31. The molecule has 1 unspecified atom stereocenters. The zero-order valence-corrected chi connectivity index (χ0v) is 17.3. The van der Waals surface area contributed by atoms with Crippen molar-refractivity contribution in [2.75, 3.05) is 33.2 Å². The fraction of sp³-hybridized carbons (Fsp3) is 0.542. The third-order valence-corrected chi connectivity index (χ3v) is 7.41. The van der Waals surface area contributed by atoms with Crippen molar-refractivity contribution < 1.29 is 4.79 Å². The van der Waals surface area contributed by atoms with E-state index in [9.17, 15) is 4.79 Å². The van der Waals surface area contributed by atoms with Crippen LogP contribution in [0.3, 0.4) is 0 Å². The molecule has 1 saturated carbocycles. The molecule has 2 aliphatic heterocycles. The number of pyridine rings is 1. The second-order valence-corrected chi connectivity index (χ2v) is 9.54. The highest BCUT2D eigenvalue weighted by molar-refractivity contribution is 5.98. The number of nitrogens with one attached hydrogen (secondary N) is 1. The Hall–Kier alpha value is -2.27. The predicted octanol–water partition coefficient (Wildman–Crippen LogP) is 3.38. The van der Waals surface area contributed by atoms with Crippen molar-refractivity contribution in [1.82, 2.24) is 14.8 Å². The maximum atomic E-state index is 13.1. The van der Waals surface area contributed by atoms with E-state index in [0.717, 1.165) is 54.2 Å². The summed E-state index contributed by atoms with van der Waals surface area (Å²) in [5.41, 5.74) is 3.02. The smallest absolute Gasteiger partial charge is 0.222 e. The van der Waals surface area contributed by atoms with Crippen LogP contribution in [0.15, 0.2) is 30.5 Å². The third-order valence-electron chi connectivity index (χ3n) is 7.41. The van der Waals surface area contributed by atoms with E-state index in [1.54, 1.807) is 6.20 Å². The number of benzene rings is 1. The van der Waals surface area contributed by atoms with Crippen molar-refractivity contribution in [3.8, 4) is 0 Å². The second-order valence-electron chi connectivity index (χ2n) is 9.54. The Labute approximate surface area is 172 Å². The summed E-state index contributed by atoms with van der Waals surface area (Å²) in [7, 11) is 2.19. The van der Waals surface area contributed by atoms with Gasteiger partial charge < -0.3 is 15.2 Å². The monoisotopic (exact) mass is 390 g/mol. The van der Waals surface area contributed by atoms with Crippen molar-refractivity contribution in [1.29, 1.82) is 5.41 Å². The van der Waals surface area contributed by atoms with E-state index in [0.29, 0.717) is 23.7 Å². The van der Waals surface area contributed by atoms with E-state index in [-0.39, 0.29) is 0 Å². The number of rotatable bonds is 4. The molecule has 1 aromatic heterocycles. The molecule has 0 spiro atoms. The minimum Gasteiger partial charge on any atom is -0.342 e. The second kappa shape index (κ2) is 7.21. The van der Waals surface area contributed by atoms with Gasteiger partial charge in [-0.25, -0.2) is 0 Å². The molecule has 3 aliphatic rings. The molecule has 5 heteroatoms. The minimum absolute atomic E-state index is 0.332. The molecule has 1 N–H and O–H groups in total. The van der Waals surface area contributed by atoms with Gasteiger partial charge in [0.15, 0.2) is 0 Å². The van der Waals surface area contributed by atoms with Gasteiger partial charge in [0.2, 0.25) is 5.91 Å². The van der Waals surface area contributed by atoms with E-state index in [1.807, 2.05) is 12.1 Å². The summed E-state index contributed by atoms with van der Waals surface area (Å²) in [4.78, 5) is 22.2. The van der Waals surface area contributed by atoms with Gasteiger partial charge in [-0.2, -0.15) is 0 Å². The lowest BCUT2D eigenvalue weighted by Gasteiger charge is -2.37. The standard InChI is InChI=1S/C24H30N4O/c1-15-8-17(18-6-5-16(10-25)24-19(18)4-3-7-26-24)12-28(11-15)23(29)9-20-21-13-27(2)14-22(20)21/h3-7,10,15,17,20-22,25H,8-9,11-14H2,1-2H3/t15-,17+,20?,21-,22+/m1/s1. The molecular weight excluding hydrogens is 360 g/mol. The first-order valence-electron chi connectivity index (χ1n) is 10.9. The quantitative estimate of drug-likeness (QED) is 0.814. The summed E-state index contributed by atoms with van der Waals surface area (Å²) < 4.78 is 0. The molecule has 5 nitrogen and oxygen atoms in total. The number of nitrogens with zero attached hydrogens (tertiary/aromatic N) is 3. The van der Waals surface area contributed by atoms with Crippen LogP contribution in [-0.2, 0) is 4.79 Å². The number of amides is 1. The molecule has 0 radical (unpaired) electrons. The van der Waals surface area contributed by atoms with Crippen LogP contribution in [0.5, 0.6) is 0 Å². The zero-order valence-electron chi connectivity index (χ0n) is 17.3. The van der Waals surface area contributed by atoms with Crippen LogP contribution in [0.2, 0.25) is 0 Å².